The number of ether oxygens (including phenoxy) is 1. The van der Waals surface area contributed by atoms with Gasteiger partial charge in [-0.1, -0.05) is 0 Å². The van der Waals surface area contributed by atoms with Crippen molar-refractivity contribution in [3.05, 3.63) is 11.9 Å². The van der Waals surface area contributed by atoms with Crippen LogP contribution in [0.5, 0.6) is 0 Å². The van der Waals surface area contributed by atoms with Crippen molar-refractivity contribution in [2.45, 2.75) is 38.8 Å². The summed E-state index contributed by atoms with van der Waals surface area (Å²) in [6.45, 7) is 6.64. The maximum Gasteiger partial charge on any atom is 0.206 e. The lowest BCUT2D eigenvalue weighted by Gasteiger charge is -2.27. The standard InChI is InChI=1S/C13H24N4O/c1-10-8-17(11(2)9-18-3)13(15-10)16-6-4-5-12(16)7-14/h8,11-12H,4-7,9,14H2,1-3H3. The van der Waals surface area contributed by atoms with Crippen LogP contribution < -0.4 is 10.6 Å². The molecule has 18 heavy (non-hydrogen) atoms. The van der Waals surface area contributed by atoms with Crippen molar-refractivity contribution in [3.8, 4) is 0 Å². The molecule has 102 valence electrons. The number of methoxy groups -OCH3 is 1. The summed E-state index contributed by atoms with van der Waals surface area (Å²) in [6.07, 6.45) is 4.47. The first kappa shape index (κ1) is 13.4. The van der Waals surface area contributed by atoms with Gasteiger partial charge < -0.3 is 19.9 Å². The smallest absolute Gasteiger partial charge is 0.206 e. The first-order valence-corrected chi connectivity index (χ1v) is 6.68. The number of nitrogens with two attached hydrogens (primary N) is 1. The molecule has 5 nitrogen and oxygen atoms in total. The fourth-order valence-electron chi connectivity index (χ4n) is 2.71. The summed E-state index contributed by atoms with van der Waals surface area (Å²) in [5.74, 6) is 1.05. The minimum atomic E-state index is 0.297. The van der Waals surface area contributed by atoms with E-state index in [-0.39, 0.29) is 0 Å². The molecule has 2 rings (SSSR count). The molecule has 0 radical (unpaired) electrons. The van der Waals surface area contributed by atoms with Crippen LogP contribution in [-0.2, 0) is 4.74 Å². The predicted octanol–water partition coefficient (Wildman–Crippen LogP) is 1.33. The Morgan fingerprint density at radius 3 is 3.06 bits per heavy atom. The van der Waals surface area contributed by atoms with Crippen LogP contribution in [0.25, 0.3) is 0 Å². The number of nitrogens with zero attached hydrogens (tertiary/aromatic N) is 3. The zero-order valence-corrected chi connectivity index (χ0v) is 11.6. The van der Waals surface area contributed by atoms with Crippen LogP contribution in [0.15, 0.2) is 6.20 Å². The highest BCUT2D eigenvalue weighted by atomic mass is 16.5. The van der Waals surface area contributed by atoms with Crippen LogP contribution in [0.3, 0.4) is 0 Å². The number of hydrogen-bond donors (Lipinski definition) is 1. The molecule has 2 unspecified atom stereocenters. The fourth-order valence-corrected chi connectivity index (χ4v) is 2.71. The highest BCUT2D eigenvalue weighted by Crippen LogP contribution is 2.27. The second-order valence-corrected chi connectivity index (χ2v) is 5.12. The third-order valence-corrected chi connectivity index (χ3v) is 3.62. The highest BCUT2D eigenvalue weighted by molar-refractivity contribution is 5.37. The lowest BCUT2D eigenvalue weighted by molar-refractivity contribution is 0.162. The largest absolute Gasteiger partial charge is 0.383 e. The van der Waals surface area contributed by atoms with Crippen LogP contribution >= 0.6 is 0 Å². The fraction of sp³-hybridized carbons (Fsp3) is 0.769. The van der Waals surface area contributed by atoms with Crippen molar-refractivity contribution in [1.82, 2.24) is 9.55 Å². The first-order valence-electron chi connectivity index (χ1n) is 6.68. The molecule has 1 fully saturated rings. The summed E-state index contributed by atoms with van der Waals surface area (Å²) in [6, 6.07) is 0.727. The average molecular weight is 252 g/mol. The van der Waals surface area contributed by atoms with Crippen molar-refractivity contribution < 1.29 is 4.74 Å². The van der Waals surface area contributed by atoms with Gasteiger partial charge >= 0.3 is 0 Å². The van der Waals surface area contributed by atoms with Gasteiger partial charge in [0.25, 0.3) is 0 Å². The Morgan fingerprint density at radius 2 is 2.39 bits per heavy atom. The van der Waals surface area contributed by atoms with Gasteiger partial charge in [-0.15, -0.1) is 0 Å². The molecule has 0 spiro atoms. The lowest BCUT2D eigenvalue weighted by atomic mass is 10.2. The molecule has 5 heteroatoms. The minimum absolute atomic E-state index is 0.297. The number of rotatable bonds is 5. The number of anilines is 1. The third-order valence-electron chi connectivity index (χ3n) is 3.62. The van der Waals surface area contributed by atoms with Crippen molar-refractivity contribution in [2.24, 2.45) is 5.73 Å². The van der Waals surface area contributed by atoms with Gasteiger partial charge in [-0.05, 0) is 26.7 Å². The summed E-state index contributed by atoms with van der Waals surface area (Å²) in [5, 5.41) is 0. The van der Waals surface area contributed by atoms with E-state index in [0.717, 1.165) is 18.2 Å². The number of aryl methyl sites for hydroxylation is 1. The van der Waals surface area contributed by atoms with Gasteiger partial charge in [0.05, 0.1) is 18.3 Å². The van der Waals surface area contributed by atoms with E-state index in [0.29, 0.717) is 25.2 Å². The number of imidazole rings is 1. The summed E-state index contributed by atoms with van der Waals surface area (Å²) < 4.78 is 7.46. The SMILES string of the molecule is COCC(C)n1cc(C)nc1N1CCCC1CN. The molecule has 2 N–H and O–H groups in total. The first-order chi connectivity index (χ1) is 8.67. The van der Waals surface area contributed by atoms with Gasteiger partial charge in [-0.25, -0.2) is 4.98 Å². The third kappa shape index (κ3) is 2.52. The van der Waals surface area contributed by atoms with Gasteiger partial charge in [-0.2, -0.15) is 0 Å². The predicted molar refractivity (Wildman–Crippen MR) is 73.0 cm³/mol. The molecule has 1 aromatic rings. The molecular weight excluding hydrogens is 228 g/mol. The van der Waals surface area contributed by atoms with Crippen LogP contribution in [0.1, 0.15) is 31.5 Å². The van der Waals surface area contributed by atoms with Crippen LogP contribution in [0.4, 0.5) is 5.95 Å². The minimum Gasteiger partial charge on any atom is -0.383 e. The second kappa shape index (κ2) is 5.71. The summed E-state index contributed by atoms with van der Waals surface area (Å²) in [7, 11) is 1.73. The molecule has 0 bridgehead atoms. The maximum absolute atomic E-state index is 5.85. The van der Waals surface area contributed by atoms with Crippen LogP contribution in [0.2, 0.25) is 0 Å². The zero-order valence-electron chi connectivity index (χ0n) is 11.6. The average Bonchev–Trinajstić information content (AvgIpc) is 2.94. The second-order valence-electron chi connectivity index (χ2n) is 5.12. The Bertz CT molecular complexity index is 390. The zero-order chi connectivity index (χ0) is 13.1. The normalized spacial score (nSPS) is 21.6. The molecule has 1 aliphatic rings. The highest BCUT2D eigenvalue weighted by Gasteiger charge is 2.28. The van der Waals surface area contributed by atoms with Crippen molar-refractivity contribution >= 4 is 5.95 Å². The molecular formula is C13H24N4O. The van der Waals surface area contributed by atoms with E-state index < -0.39 is 0 Å². The molecule has 2 heterocycles. The Morgan fingerprint density at radius 1 is 1.61 bits per heavy atom. The van der Waals surface area contributed by atoms with Crippen molar-refractivity contribution in [1.29, 1.82) is 0 Å². The number of aromatic nitrogens is 2. The summed E-state index contributed by atoms with van der Waals surface area (Å²) >= 11 is 0. The summed E-state index contributed by atoms with van der Waals surface area (Å²) in [5.41, 5.74) is 6.90. The Labute approximate surface area is 109 Å². The van der Waals surface area contributed by atoms with E-state index in [2.05, 4.69) is 27.6 Å². The van der Waals surface area contributed by atoms with Gasteiger partial charge in [0.2, 0.25) is 5.95 Å². The Hall–Kier alpha value is -1.07. The van der Waals surface area contributed by atoms with E-state index in [9.17, 15) is 0 Å². The summed E-state index contributed by atoms with van der Waals surface area (Å²) in [4.78, 5) is 7.02. The quantitative estimate of drug-likeness (QED) is 0.859. The molecule has 1 saturated heterocycles. The van der Waals surface area contributed by atoms with Gasteiger partial charge in [-0.3, -0.25) is 0 Å². The molecule has 0 aromatic carbocycles. The van der Waals surface area contributed by atoms with Crippen molar-refractivity contribution in [3.63, 3.8) is 0 Å². The van der Waals surface area contributed by atoms with Crippen LogP contribution in [-0.4, -0.2) is 42.4 Å². The van der Waals surface area contributed by atoms with Crippen LogP contribution in [0, 0.1) is 6.92 Å². The Kier molecular flexibility index (Phi) is 4.24. The van der Waals surface area contributed by atoms with E-state index in [1.807, 2.05) is 6.92 Å². The topological polar surface area (TPSA) is 56.3 Å². The molecule has 0 saturated carbocycles. The number of hydrogen-bond acceptors (Lipinski definition) is 4. The monoisotopic (exact) mass is 252 g/mol. The van der Waals surface area contributed by atoms with E-state index in [1.165, 1.54) is 12.8 Å². The molecule has 0 amide bonds. The maximum atomic E-state index is 5.85. The molecule has 1 aromatic heterocycles. The van der Waals surface area contributed by atoms with E-state index in [4.69, 9.17) is 10.5 Å². The Balaban J connectivity index is 2.26. The van der Waals surface area contributed by atoms with Gasteiger partial charge in [0.15, 0.2) is 0 Å². The molecule has 0 aliphatic carbocycles. The van der Waals surface area contributed by atoms with Crippen molar-refractivity contribution in [2.75, 3.05) is 31.7 Å². The van der Waals surface area contributed by atoms with Gasteiger partial charge in [0.1, 0.15) is 0 Å². The van der Waals surface area contributed by atoms with Gasteiger partial charge in [0, 0.05) is 32.4 Å². The molecule has 1 aliphatic heterocycles. The van der Waals surface area contributed by atoms with E-state index >= 15 is 0 Å². The van der Waals surface area contributed by atoms with E-state index in [1.54, 1.807) is 7.11 Å². The molecule has 2 atom stereocenters. The lowest BCUT2D eigenvalue weighted by Crippen LogP contribution is -2.37.